The van der Waals surface area contributed by atoms with E-state index in [2.05, 4.69) is 15.6 Å². The number of nitrogens with zero attached hydrogens (tertiary/aromatic N) is 1. The van der Waals surface area contributed by atoms with Crippen molar-refractivity contribution >= 4 is 28.8 Å². The Labute approximate surface area is 167 Å². The molecule has 0 aliphatic rings. The summed E-state index contributed by atoms with van der Waals surface area (Å²) in [4.78, 5) is 27.6. The molecule has 0 saturated carbocycles. The summed E-state index contributed by atoms with van der Waals surface area (Å²) >= 11 is 1.50. The van der Waals surface area contributed by atoms with Gasteiger partial charge < -0.3 is 15.4 Å². The maximum Gasteiger partial charge on any atom is 0.223 e. The number of para-hydroxylation sites is 1. The summed E-state index contributed by atoms with van der Waals surface area (Å²) in [6.45, 7) is 2.20. The standard InChI is InChI=1S/C21H21N3O3S/c1-15(25)23-17-9-7-16(8-10-17)19-14-28-21(24-19)13-22-20(26)11-12-27-18-5-3-2-4-6-18/h2-10,14H,11-13H2,1H3,(H,22,26)(H,23,25). The molecule has 0 spiro atoms. The molecular formula is C21H21N3O3S. The topological polar surface area (TPSA) is 80.3 Å². The lowest BCUT2D eigenvalue weighted by Gasteiger charge is -2.06. The Morgan fingerprint density at radius 2 is 1.82 bits per heavy atom. The predicted octanol–water partition coefficient (Wildman–Crippen LogP) is 3.85. The molecule has 0 radical (unpaired) electrons. The number of hydrogen-bond acceptors (Lipinski definition) is 5. The third-order valence-electron chi connectivity index (χ3n) is 3.83. The Kier molecular flexibility index (Phi) is 6.75. The summed E-state index contributed by atoms with van der Waals surface area (Å²) in [5.41, 5.74) is 2.55. The maximum absolute atomic E-state index is 12.0. The first-order chi connectivity index (χ1) is 13.6. The van der Waals surface area contributed by atoms with E-state index in [0.717, 1.165) is 27.7 Å². The Bertz CT molecular complexity index is 924. The van der Waals surface area contributed by atoms with E-state index in [1.165, 1.54) is 18.3 Å². The normalized spacial score (nSPS) is 10.3. The van der Waals surface area contributed by atoms with Crippen LogP contribution in [0, 0.1) is 0 Å². The summed E-state index contributed by atoms with van der Waals surface area (Å²) < 4.78 is 5.52. The summed E-state index contributed by atoms with van der Waals surface area (Å²) in [7, 11) is 0. The van der Waals surface area contributed by atoms with Gasteiger partial charge in [0.25, 0.3) is 0 Å². The zero-order valence-corrected chi connectivity index (χ0v) is 16.3. The Morgan fingerprint density at radius 3 is 2.54 bits per heavy atom. The van der Waals surface area contributed by atoms with Crippen molar-refractivity contribution in [3.8, 4) is 17.0 Å². The number of carbonyl (C=O) groups is 2. The molecule has 3 aromatic rings. The van der Waals surface area contributed by atoms with Gasteiger partial charge in [-0.25, -0.2) is 4.98 Å². The van der Waals surface area contributed by atoms with E-state index in [1.54, 1.807) is 0 Å². The predicted molar refractivity (Wildman–Crippen MR) is 110 cm³/mol. The molecule has 0 aliphatic carbocycles. The second-order valence-electron chi connectivity index (χ2n) is 6.07. The van der Waals surface area contributed by atoms with Crippen LogP contribution in [0.4, 0.5) is 5.69 Å². The minimum Gasteiger partial charge on any atom is -0.493 e. The van der Waals surface area contributed by atoms with Crippen LogP contribution in [-0.4, -0.2) is 23.4 Å². The molecule has 28 heavy (non-hydrogen) atoms. The van der Waals surface area contributed by atoms with Crippen LogP contribution in [0.1, 0.15) is 18.4 Å². The molecule has 3 rings (SSSR count). The first kappa shape index (κ1) is 19.6. The average Bonchev–Trinajstić information content (AvgIpc) is 3.16. The van der Waals surface area contributed by atoms with Crippen LogP contribution >= 0.6 is 11.3 Å². The molecule has 0 fully saturated rings. The van der Waals surface area contributed by atoms with Crippen LogP contribution in [0.5, 0.6) is 5.75 Å². The minimum atomic E-state index is -0.103. The fourth-order valence-electron chi connectivity index (χ4n) is 2.49. The van der Waals surface area contributed by atoms with Gasteiger partial charge in [0.15, 0.2) is 0 Å². The number of thiazole rings is 1. The van der Waals surface area contributed by atoms with Crippen LogP contribution < -0.4 is 15.4 Å². The molecular weight excluding hydrogens is 374 g/mol. The zero-order chi connectivity index (χ0) is 19.8. The largest absolute Gasteiger partial charge is 0.493 e. The van der Waals surface area contributed by atoms with Gasteiger partial charge in [-0.3, -0.25) is 9.59 Å². The second kappa shape index (κ2) is 9.66. The summed E-state index contributed by atoms with van der Waals surface area (Å²) in [6.07, 6.45) is 0.289. The molecule has 1 heterocycles. The van der Waals surface area contributed by atoms with Crippen LogP contribution in [0.15, 0.2) is 60.0 Å². The summed E-state index contributed by atoms with van der Waals surface area (Å²) in [5, 5.41) is 8.38. The molecule has 0 aliphatic heterocycles. The molecule has 0 unspecified atom stereocenters. The Hall–Kier alpha value is -3.19. The molecule has 0 saturated heterocycles. The van der Waals surface area contributed by atoms with Gasteiger partial charge in [0, 0.05) is 23.6 Å². The number of carbonyl (C=O) groups excluding carboxylic acids is 2. The van der Waals surface area contributed by atoms with E-state index in [4.69, 9.17) is 4.74 Å². The highest BCUT2D eigenvalue weighted by atomic mass is 32.1. The van der Waals surface area contributed by atoms with Gasteiger partial charge in [-0.2, -0.15) is 0 Å². The zero-order valence-electron chi connectivity index (χ0n) is 15.5. The van der Waals surface area contributed by atoms with E-state index >= 15 is 0 Å². The fourth-order valence-corrected chi connectivity index (χ4v) is 3.24. The SMILES string of the molecule is CC(=O)Nc1ccc(-c2csc(CNC(=O)CCOc3ccccc3)n2)cc1. The van der Waals surface area contributed by atoms with Crippen molar-refractivity contribution in [1.29, 1.82) is 0 Å². The number of anilines is 1. The third-order valence-corrected chi connectivity index (χ3v) is 4.68. The van der Waals surface area contributed by atoms with E-state index in [1.807, 2.05) is 60.0 Å². The Balaban J connectivity index is 1.45. The highest BCUT2D eigenvalue weighted by Crippen LogP contribution is 2.23. The Morgan fingerprint density at radius 1 is 1.07 bits per heavy atom. The van der Waals surface area contributed by atoms with Crippen LogP contribution in [0.25, 0.3) is 11.3 Å². The van der Waals surface area contributed by atoms with Crippen LogP contribution in [0.3, 0.4) is 0 Å². The van der Waals surface area contributed by atoms with Crippen molar-refractivity contribution in [3.63, 3.8) is 0 Å². The van der Waals surface area contributed by atoms with Gasteiger partial charge in [0.1, 0.15) is 10.8 Å². The van der Waals surface area contributed by atoms with E-state index < -0.39 is 0 Å². The molecule has 0 atom stereocenters. The molecule has 2 aromatic carbocycles. The van der Waals surface area contributed by atoms with Gasteiger partial charge in [0.2, 0.25) is 11.8 Å². The van der Waals surface area contributed by atoms with Gasteiger partial charge in [-0.15, -0.1) is 11.3 Å². The van der Waals surface area contributed by atoms with E-state index in [9.17, 15) is 9.59 Å². The van der Waals surface area contributed by atoms with Crippen molar-refractivity contribution in [2.75, 3.05) is 11.9 Å². The van der Waals surface area contributed by atoms with Crippen molar-refractivity contribution in [3.05, 3.63) is 65.0 Å². The van der Waals surface area contributed by atoms with E-state index in [-0.39, 0.29) is 18.2 Å². The smallest absolute Gasteiger partial charge is 0.223 e. The van der Waals surface area contributed by atoms with Crippen LogP contribution in [-0.2, 0) is 16.1 Å². The number of benzene rings is 2. The highest BCUT2D eigenvalue weighted by molar-refractivity contribution is 7.09. The van der Waals surface area contributed by atoms with Gasteiger partial charge in [-0.05, 0) is 24.3 Å². The van der Waals surface area contributed by atoms with Crippen molar-refractivity contribution in [2.45, 2.75) is 19.9 Å². The highest BCUT2D eigenvalue weighted by Gasteiger charge is 2.07. The maximum atomic E-state index is 12.0. The molecule has 2 amide bonds. The fraction of sp³-hybridized carbons (Fsp3) is 0.190. The molecule has 144 valence electrons. The monoisotopic (exact) mass is 395 g/mol. The molecule has 1 aromatic heterocycles. The third kappa shape index (κ3) is 5.92. The number of rotatable bonds is 8. The minimum absolute atomic E-state index is 0.0765. The first-order valence-electron chi connectivity index (χ1n) is 8.87. The number of hydrogen-bond donors (Lipinski definition) is 2. The summed E-state index contributed by atoms with van der Waals surface area (Å²) in [5.74, 6) is 0.574. The quantitative estimate of drug-likeness (QED) is 0.607. The molecule has 7 heteroatoms. The average molecular weight is 395 g/mol. The molecule has 6 nitrogen and oxygen atoms in total. The van der Waals surface area contributed by atoms with Gasteiger partial charge in [0.05, 0.1) is 25.3 Å². The number of amides is 2. The number of nitrogens with one attached hydrogen (secondary N) is 2. The molecule has 2 N–H and O–H groups in total. The van der Waals surface area contributed by atoms with Crippen LogP contribution in [0.2, 0.25) is 0 Å². The van der Waals surface area contributed by atoms with Crippen molar-refractivity contribution in [1.82, 2.24) is 10.3 Å². The summed E-state index contributed by atoms with van der Waals surface area (Å²) in [6, 6.07) is 16.9. The lowest BCUT2D eigenvalue weighted by atomic mass is 10.1. The number of aromatic nitrogens is 1. The van der Waals surface area contributed by atoms with E-state index in [0.29, 0.717) is 13.2 Å². The van der Waals surface area contributed by atoms with Crippen molar-refractivity contribution < 1.29 is 14.3 Å². The lowest BCUT2D eigenvalue weighted by molar-refractivity contribution is -0.121. The van der Waals surface area contributed by atoms with Crippen molar-refractivity contribution in [2.24, 2.45) is 0 Å². The first-order valence-corrected chi connectivity index (χ1v) is 9.75. The lowest BCUT2D eigenvalue weighted by Crippen LogP contribution is -2.24. The number of ether oxygens (including phenoxy) is 1. The van der Waals surface area contributed by atoms with Gasteiger partial charge in [-0.1, -0.05) is 30.3 Å². The second-order valence-corrected chi connectivity index (χ2v) is 7.02. The van der Waals surface area contributed by atoms with Gasteiger partial charge >= 0.3 is 0 Å². The molecule has 0 bridgehead atoms.